The minimum absolute atomic E-state index is 0.0453. The van der Waals surface area contributed by atoms with Gasteiger partial charge in [-0.3, -0.25) is 71.9 Å². The number of nitrogens with one attached hydrogen (secondary N) is 11. The van der Waals surface area contributed by atoms with Crippen LogP contribution in [-0.2, 0) is 71.9 Å². The van der Waals surface area contributed by atoms with Crippen molar-refractivity contribution < 1.29 is 77.0 Å². The van der Waals surface area contributed by atoms with Crippen molar-refractivity contribution in [2.45, 2.75) is 298 Å². The fourth-order valence-electron chi connectivity index (χ4n) is 12.6. The third-order valence-corrected chi connectivity index (χ3v) is 18.6. The number of aliphatic hydroxyl groups is 1. The maximum Gasteiger partial charge on any atom is 0.248 e. The lowest BCUT2D eigenvalue weighted by atomic mass is 9.94. The van der Waals surface area contributed by atoms with Crippen molar-refractivity contribution in [3.8, 4) is 0 Å². The van der Waals surface area contributed by atoms with Gasteiger partial charge in [0.15, 0.2) is 0 Å². The Labute approximate surface area is 589 Å². The van der Waals surface area contributed by atoms with E-state index in [9.17, 15) is 77.0 Å². The Bertz CT molecular complexity index is 3010. The lowest BCUT2D eigenvalue weighted by Crippen LogP contribution is -2.66. The molecule has 3 fully saturated rings. The molecule has 0 bridgehead atoms. The summed E-state index contributed by atoms with van der Waals surface area (Å²) in [6, 6.07) is -10.0. The molecule has 0 aromatic carbocycles. The molecule has 31 nitrogen and oxygen atoms in total. The predicted molar refractivity (Wildman–Crippen MR) is 372 cm³/mol. The average Bonchev–Trinajstić information content (AvgIpc) is 1.69. The van der Waals surface area contributed by atoms with Crippen LogP contribution in [0.1, 0.15) is 216 Å². The minimum atomic E-state index is -1.69. The van der Waals surface area contributed by atoms with Gasteiger partial charge in [-0.2, -0.15) is 0 Å². The van der Waals surface area contributed by atoms with Gasteiger partial charge < -0.3 is 84.0 Å². The molecule has 0 aliphatic carbocycles. The molecule has 3 aliphatic heterocycles. The number of amides is 15. The molecular formula is C69H119N15O16. The van der Waals surface area contributed by atoms with Crippen molar-refractivity contribution in [1.82, 2.24) is 73.2 Å². The molecule has 11 atom stereocenters. The highest BCUT2D eigenvalue weighted by molar-refractivity contribution is 6.03. The standard InChI is InChI=1S/C69H119N15O16/c1-21-40(9)51(76-52(88)41(10)71-56(92)47-26-23-29-82(47)62(98)66(14,15)78-54(90)44(33-38(5)6)73-53(89)46(35-50(70)87)74-60(96)65(12,13)77-42(11)86)59(95)80-68(18,19)64(100)84-31-25-28-49(84)58(94)81-69(20,22-2)61(97)75-45(34-39(7)8)55(91)79-67(16,17)63(99)83-30-24-27-48(83)57(93)72-43(36-85)32-37(3)4/h37-41,43-49,51,85H,21-36H2,1-20H3,(H2,70,87)(H,71,92)(H,72,93)(H,73,89)(H,74,96)(H,75,97)(H,76,88)(H,77,86)(H,78,90)(H,79,91)(H,80,95)(H,81,94)/t40-,41-,43-,44-,45-,46-,47-,48-,49-,51-,69-/m0/s1. The van der Waals surface area contributed by atoms with Crippen LogP contribution in [0.25, 0.3) is 0 Å². The van der Waals surface area contributed by atoms with Gasteiger partial charge in [0.05, 0.1) is 19.1 Å². The molecule has 0 radical (unpaired) electrons. The molecule has 0 unspecified atom stereocenters. The van der Waals surface area contributed by atoms with E-state index in [2.05, 4.69) is 58.5 Å². The second-order valence-electron chi connectivity index (χ2n) is 31.0. The van der Waals surface area contributed by atoms with Gasteiger partial charge in [0.25, 0.3) is 0 Å². The molecule has 15 amide bonds. The first-order valence-electron chi connectivity index (χ1n) is 35.3. The van der Waals surface area contributed by atoms with Crippen molar-refractivity contribution in [3.05, 3.63) is 0 Å². The third-order valence-electron chi connectivity index (χ3n) is 18.6. The zero-order chi connectivity index (χ0) is 76.5. The summed E-state index contributed by atoms with van der Waals surface area (Å²) >= 11 is 0. The number of carbonyl (C=O) groups excluding carboxylic acids is 15. The fraction of sp³-hybridized carbons (Fsp3) is 0.783. The van der Waals surface area contributed by atoms with E-state index in [-0.39, 0.29) is 76.1 Å². The monoisotopic (exact) mass is 1410 g/mol. The SMILES string of the molecule is CC[C@H](C)[C@H](NC(=O)[C@H](C)NC(=O)[C@@H]1CCCN1C(=O)C(C)(C)NC(=O)[C@H](CC(C)C)NC(=O)[C@H](CC(N)=O)NC(=O)C(C)(C)NC(C)=O)C(=O)NC(C)(C)C(=O)N1CCC[C@H]1C(=O)N[C@@](C)(CC)C(=O)N[C@@H](CC(C)C)C(=O)NC(C)(C)C(=O)N1CCC[C@H]1C(=O)N[C@H](CO)CC(C)C. The van der Waals surface area contributed by atoms with Gasteiger partial charge in [-0.05, 0) is 157 Å². The average molecular weight is 1410 g/mol. The lowest BCUT2D eigenvalue weighted by Gasteiger charge is -2.37. The Hall–Kier alpha value is -7.99. The Balaban J connectivity index is 1.72. The van der Waals surface area contributed by atoms with Gasteiger partial charge in [0.2, 0.25) is 88.6 Å². The van der Waals surface area contributed by atoms with Crippen molar-refractivity contribution in [2.24, 2.45) is 29.4 Å². The van der Waals surface area contributed by atoms with Gasteiger partial charge in [-0.1, -0.05) is 68.7 Å². The van der Waals surface area contributed by atoms with Crippen LogP contribution >= 0.6 is 0 Å². The molecule has 3 aliphatic rings. The first-order valence-corrected chi connectivity index (χ1v) is 35.3. The van der Waals surface area contributed by atoms with Crippen molar-refractivity contribution >= 4 is 88.6 Å². The van der Waals surface area contributed by atoms with Crippen LogP contribution in [0.2, 0.25) is 0 Å². The smallest absolute Gasteiger partial charge is 0.248 e. The molecule has 0 spiro atoms. The van der Waals surface area contributed by atoms with Gasteiger partial charge in [-0.25, -0.2) is 0 Å². The Morgan fingerprint density at radius 3 is 1.24 bits per heavy atom. The number of likely N-dealkylation sites (tertiary alicyclic amines) is 3. The normalized spacial score (nSPS) is 19.3. The van der Waals surface area contributed by atoms with Crippen LogP contribution in [0, 0.1) is 23.7 Å². The van der Waals surface area contributed by atoms with Crippen LogP contribution in [0.4, 0.5) is 0 Å². The summed E-state index contributed by atoms with van der Waals surface area (Å²) < 4.78 is 0. The van der Waals surface area contributed by atoms with Crippen molar-refractivity contribution in [1.29, 1.82) is 0 Å². The minimum Gasteiger partial charge on any atom is -0.394 e. The third kappa shape index (κ3) is 24.1. The summed E-state index contributed by atoms with van der Waals surface area (Å²) in [6.45, 7) is 32.2. The van der Waals surface area contributed by atoms with Gasteiger partial charge in [-0.15, -0.1) is 0 Å². The summed E-state index contributed by atoms with van der Waals surface area (Å²) in [4.78, 5) is 211. The molecular weight excluding hydrogens is 1290 g/mol. The summed E-state index contributed by atoms with van der Waals surface area (Å²) in [7, 11) is 0. The number of primary amides is 1. The highest BCUT2D eigenvalue weighted by atomic mass is 16.3. The molecule has 3 saturated heterocycles. The fourth-order valence-corrected chi connectivity index (χ4v) is 12.6. The van der Waals surface area contributed by atoms with Crippen LogP contribution in [0.3, 0.4) is 0 Å². The van der Waals surface area contributed by atoms with E-state index in [0.717, 1.165) is 0 Å². The maximum absolute atomic E-state index is 14.6. The quantitative estimate of drug-likeness (QED) is 0.0387. The lowest BCUT2D eigenvalue weighted by molar-refractivity contribution is -0.147. The molecule has 100 heavy (non-hydrogen) atoms. The van der Waals surface area contributed by atoms with Crippen molar-refractivity contribution in [3.63, 3.8) is 0 Å². The van der Waals surface area contributed by atoms with Crippen LogP contribution < -0.4 is 64.2 Å². The highest BCUT2D eigenvalue weighted by Crippen LogP contribution is 2.27. The Morgan fingerprint density at radius 1 is 0.450 bits per heavy atom. The number of nitrogens with two attached hydrogens (primary N) is 1. The van der Waals surface area contributed by atoms with E-state index in [4.69, 9.17) is 5.73 Å². The summed E-state index contributed by atoms with van der Waals surface area (Å²) in [6.07, 6.45) is 2.60. The first-order chi connectivity index (χ1) is 46.1. The van der Waals surface area contributed by atoms with E-state index in [1.54, 1.807) is 34.6 Å². The van der Waals surface area contributed by atoms with Crippen LogP contribution in [-0.4, -0.2) is 217 Å². The largest absolute Gasteiger partial charge is 0.394 e. The number of carbonyl (C=O) groups is 15. The first kappa shape index (κ1) is 86.2. The topological polar surface area (TPSA) is 444 Å². The summed E-state index contributed by atoms with van der Waals surface area (Å²) in [5.74, 6) is -11.2. The number of nitrogens with zero attached hydrogens (tertiary/aromatic N) is 3. The molecule has 566 valence electrons. The zero-order valence-electron chi connectivity index (χ0n) is 62.8. The van der Waals surface area contributed by atoms with Gasteiger partial charge >= 0.3 is 0 Å². The van der Waals surface area contributed by atoms with E-state index in [1.165, 1.54) is 90.9 Å². The van der Waals surface area contributed by atoms with Crippen LogP contribution in [0.15, 0.2) is 0 Å². The van der Waals surface area contributed by atoms with E-state index in [0.29, 0.717) is 38.5 Å². The molecule has 0 aromatic heterocycles. The zero-order valence-corrected chi connectivity index (χ0v) is 62.8. The number of hydrogen-bond donors (Lipinski definition) is 13. The Morgan fingerprint density at radius 2 is 0.850 bits per heavy atom. The van der Waals surface area contributed by atoms with E-state index >= 15 is 0 Å². The molecule has 0 aromatic rings. The maximum atomic E-state index is 14.6. The van der Waals surface area contributed by atoms with Gasteiger partial charge in [0.1, 0.15) is 76.0 Å². The van der Waals surface area contributed by atoms with E-state index in [1.807, 2.05) is 27.7 Å². The molecule has 3 rings (SSSR count). The van der Waals surface area contributed by atoms with Crippen LogP contribution in [0.5, 0.6) is 0 Å². The van der Waals surface area contributed by atoms with E-state index < -0.39 is 183 Å². The number of aliphatic hydroxyl groups excluding tert-OH is 1. The van der Waals surface area contributed by atoms with Gasteiger partial charge in [0, 0.05) is 26.6 Å². The molecule has 0 saturated carbocycles. The molecule has 14 N–H and O–H groups in total. The Kier molecular flexibility index (Phi) is 31.5. The number of hydrogen-bond acceptors (Lipinski definition) is 16. The summed E-state index contributed by atoms with van der Waals surface area (Å²) in [5, 5.41) is 39.5. The molecule has 3 heterocycles. The van der Waals surface area contributed by atoms with Crippen molar-refractivity contribution in [2.75, 3.05) is 26.2 Å². The second-order valence-corrected chi connectivity index (χ2v) is 31.0. The molecule has 31 heteroatoms. The number of rotatable bonds is 36. The summed E-state index contributed by atoms with van der Waals surface area (Å²) in [5.41, 5.74) is -2.60. The predicted octanol–water partition coefficient (Wildman–Crippen LogP) is -0.176. The highest BCUT2D eigenvalue weighted by Gasteiger charge is 2.49. The second kappa shape index (κ2) is 36.6.